The summed E-state index contributed by atoms with van der Waals surface area (Å²) in [5.74, 6) is 0. The van der Waals surface area contributed by atoms with Crippen molar-refractivity contribution in [1.82, 2.24) is 18.8 Å². The lowest BCUT2D eigenvalue weighted by molar-refractivity contribution is 1.08. The SMILES string of the molecule is Cc1ccc2nc(Cc3cccn4ccnc34)cn2c1. The fourth-order valence-electron chi connectivity index (χ4n) is 2.58. The molecule has 4 heterocycles. The van der Waals surface area contributed by atoms with Crippen molar-refractivity contribution in [3.63, 3.8) is 0 Å². The molecule has 0 fully saturated rings. The first-order chi connectivity index (χ1) is 9.79. The smallest absolute Gasteiger partial charge is 0.140 e. The largest absolute Gasteiger partial charge is 0.307 e. The van der Waals surface area contributed by atoms with Crippen molar-refractivity contribution in [3.8, 4) is 0 Å². The van der Waals surface area contributed by atoms with Crippen LogP contribution in [0.4, 0.5) is 0 Å². The maximum Gasteiger partial charge on any atom is 0.140 e. The molecule has 0 bridgehead atoms. The Balaban J connectivity index is 1.78. The van der Waals surface area contributed by atoms with Gasteiger partial charge in [-0.3, -0.25) is 0 Å². The molecule has 0 saturated carbocycles. The van der Waals surface area contributed by atoms with E-state index in [4.69, 9.17) is 0 Å². The molecule has 0 radical (unpaired) electrons. The fourth-order valence-corrected chi connectivity index (χ4v) is 2.58. The molecule has 4 nitrogen and oxygen atoms in total. The van der Waals surface area contributed by atoms with Gasteiger partial charge in [-0.15, -0.1) is 0 Å². The molecule has 4 rings (SSSR count). The van der Waals surface area contributed by atoms with Crippen LogP contribution >= 0.6 is 0 Å². The van der Waals surface area contributed by atoms with Crippen molar-refractivity contribution < 1.29 is 0 Å². The Kier molecular flexibility index (Phi) is 2.36. The van der Waals surface area contributed by atoms with Crippen LogP contribution in [-0.4, -0.2) is 18.8 Å². The second kappa shape index (κ2) is 4.20. The van der Waals surface area contributed by atoms with Crippen LogP contribution < -0.4 is 0 Å². The summed E-state index contributed by atoms with van der Waals surface area (Å²) in [6.07, 6.45) is 10.8. The number of aryl methyl sites for hydroxylation is 1. The van der Waals surface area contributed by atoms with Crippen LogP contribution in [0.5, 0.6) is 0 Å². The van der Waals surface area contributed by atoms with Gasteiger partial charge in [-0.2, -0.15) is 0 Å². The van der Waals surface area contributed by atoms with Crippen LogP contribution in [-0.2, 0) is 6.42 Å². The Bertz CT molecular complexity index is 901. The minimum absolute atomic E-state index is 0.794. The number of rotatable bonds is 2. The third-order valence-corrected chi connectivity index (χ3v) is 3.52. The highest BCUT2D eigenvalue weighted by molar-refractivity contribution is 5.50. The summed E-state index contributed by atoms with van der Waals surface area (Å²) in [7, 11) is 0. The van der Waals surface area contributed by atoms with Crippen molar-refractivity contribution in [1.29, 1.82) is 0 Å². The van der Waals surface area contributed by atoms with Gasteiger partial charge in [-0.05, 0) is 24.6 Å². The molecule has 4 aromatic rings. The highest BCUT2D eigenvalue weighted by Crippen LogP contribution is 2.15. The van der Waals surface area contributed by atoms with Crippen molar-refractivity contribution in [3.05, 3.63) is 72.1 Å². The zero-order valence-corrected chi connectivity index (χ0v) is 11.2. The molecule has 0 aliphatic rings. The molecule has 0 unspecified atom stereocenters. The molecule has 0 aliphatic carbocycles. The zero-order chi connectivity index (χ0) is 13.5. The number of aromatic nitrogens is 4. The number of fused-ring (bicyclic) bond motifs is 2. The number of nitrogens with zero attached hydrogens (tertiary/aromatic N) is 4. The van der Waals surface area contributed by atoms with Gasteiger partial charge in [0.05, 0.1) is 5.69 Å². The summed E-state index contributed by atoms with van der Waals surface area (Å²) in [5.41, 5.74) is 5.47. The lowest BCUT2D eigenvalue weighted by Gasteiger charge is -2.00. The van der Waals surface area contributed by atoms with E-state index in [1.807, 2.05) is 29.1 Å². The van der Waals surface area contributed by atoms with Crippen molar-refractivity contribution in [2.24, 2.45) is 0 Å². The molecule has 0 saturated heterocycles. The number of hydrogen-bond donors (Lipinski definition) is 0. The summed E-state index contributed by atoms with van der Waals surface area (Å²) in [5, 5.41) is 0. The third kappa shape index (κ3) is 1.77. The highest BCUT2D eigenvalue weighted by Gasteiger charge is 2.07. The van der Waals surface area contributed by atoms with Crippen LogP contribution in [0.15, 0.2) is 55.2 Å². The predicted octanol–water partition coefficient (Wildman–Crippen LogP) is 2.88. The van der Waals surface area contributed by atoms with Gasteiger partial charge >= 0.3 is 0 Å². The maximum atomic E-state index is 4.67. The summed E-state index contributed by atoms with van der Waals surface area (Å²) < 4.78 is 4.12. The van der Waals surface area contributed by atoms with E-state index in [-0.39, 0.29) is 0 Å². The van der Waals surface area contributed by atoms with E-state index in [2.05, 4.69) is 51.9 Å². The topological polar surface area (TPSA) is 34.6 Å². The van der Waals surface area contributed by atoms with Gasteiger partial charge < -0.3 is 8.80 Å². The van der Waals surface area contributed by atoms with Gasteiger partial charge in [0.1, 0.15) is 11.3 Å². The first kappa shape index (κ1) is 11.2. The number of pyridine rings is 2. The Morgan fingerprint density at radius 3 is 2.95 bits per heavy atom. The highest BCUT2D eigenvalue weighted by atomic mass is 15.0. The maximum absolute atomic E-state index is 4.67. The monoisotopic (exact) mass is 262 g/mol. The first-order valence-electron chi connectivity index (χ1n) is 6.64. The minimum atomic E-state index is 0.794. The van der Waals surface area contributed by atoms with E-state index < -0.39 is 0 Å². The first-order valence-corrected chi connectivity index (χ1v) is 6.64. The molecule has 4 aromatic heterocycles. The third-order valence-electron chi connectivity index (χ3n) is 3.52. The Labute approximate surface area is 116 Å². The summed E-state index contributed by atoms with van der Waals surface area (Å²) in [4.78, 5) is 9.08. The molecular weight excluding hydrogens is 248 g/mol. The van der Waals surface area contributed by atoms with Gasteiger partial charge in [0.25, 0.3) is 0 Å². The summed E-state index contributed by atoms with van der Waals surface area (Å²) in [6.45, 7) is 2.09. The van der Waals surface area contributed by atoms with Gasteiger partial charge in [-0.1, -0.05) is 12.1 Å². The second-order valence-corrected chi connectivity index (χ2v) is 5.07. The minimum Gasteiger partial charge on any atom is -0.307 e. The molecule has 0 aliphatic heterocycles. The van der Waals surface area contributed by atoms with E-state index in [1.165, 1.54) is 11.1 Å². The van der Waals surface area contributed by atoms with Gasteiger partial charge in [0.15, 0.2) is 0 Å². The van der Waals surface area contributed by atoms with E-state index in [1.54, 1.807) is 0 Å². The van der Waals surface area contributed by atoms with Crippen LogP contribution in [0.2, 0.25) is 0 Å². The van der Waals surface area contributed by atoms with Crippen LogP contribution in [0.1, 0.15) is 16.8 Å². The van der Waals surface area contributed by atoms with Gasteiger partial charge in [0.2, 0.25) is 0 Å². The fraction of sp³-hybridized carbons (Fsp3) is 0.125. The van der Waals surface area contributed by atoms with Crippen molar-refractivity contribution >= 4 is 11.3 Å². The van der Waals surface area contributed by atoms with Crippen LogP contribution in [0.25, 0.3) is 11.3 Å². The average Bonchev–Trinajstić information content (AvgIpc) is 3.04. The molecule has 0 amide bonds. The number of imidazole rings is 2. The standard InChI is InChI=1S/C16H14N4/c1-12-4-5-15-18-14(11-20(15)10-12)9-13-3-2-7-19-8-6-17-16(13)19/h2-8,10-11H,9H2,1H3. The normalized spacial score (nSPS) is 11.4. The quantitative estimate of drug-likeness (QED) is 0.556. The van der Waals surface area contributed by atoms with Crippen LogP contribution in [0.3, 0.4) is 0 Å². The van der Waals surface area contributed by atoms with Crippen molar-refractivity contribution in [2.45, 2.75) is 13.3 Å². The molecule has 4 heteroatoms. The van der Waals surface area contributed by atoms with E-state index in [9.17, 15) is 0 Å². The second-order valence-electron chi connectivity index (χ2n) is 5.07. The lowest BCUT2D eigenvalue weighted by Crippen LogP contribution is -1.93. The molecule has 0 N–H and O–H groups in total. The summed E-state index contributed by atoms with van der Waals surface area (Å²) >= 11 is 0. The Hall–Kier alpha value is -2.62. The Morgan fingerprint density at radius 2 is 2.00 bits per heavy atom. The van der Waals surface area contributed by atoms with Crippen molar-refractivity contribution in [2.75, 3.05) is 0 Å². The number of hydrogen-bond acceptors (Lipinski definition) is 2. The zero-order valence-electron chi connectivity index (χ0n) is 11.2. The lowest BCUT2D eigenvalue weighted by atomic mass is 10.1. The van der Waals surface area contributed by atoms with E-state index in [0.717, 1.165) is 23.4 Å². The average molecular weight is 262 g/mol. The molecule has 98 valence electrons. The summed E-state index contributed by atoms with van der Waals surface area (Å²) in [6, 6.07) is 8.29. The van der Waals surface area contributed by atoms with Crippen LogP contribution in [0, 0.1) is 6.92 Å². The van der Waals surface area contributed by atoms with E-state index in [0.29, 0.717) is 0 Å². The van der Waals surface area contributed by atoms with E-state index >= 15 is 0 Å². The molecule has 0 spiro atoms. The van der Waals surface area contributed by atoms with Gasteiger partial charge in [0, 0.05) is 43.0 Å². The Morgan fingerprint density at radius 1 is 1.05 bits per heavy atom. The molecule has 0 aromatic carbocycles. The van der Waals surface area contributed by atoms with Gasteiger partial charge in [-0.25, -0.2) is 9.97 Å². The molecular formula is C16H14N4. The predicted molar refractivity (Wildman–Crippen MR) is 77.9 cm³/mol. The molecule has 0 atom stereocenters. The molecule has 20 heavy (non-hydrogen) atoms.